The molecule has 0 saturated carbocycles. The quantitative estimate of drug-likeness (QED) is 0.522. The third-order valence-corrected chi connectivity index (χ3v) is 5.94. The van der Waals surface area contributed by atoms with E-state index in [4.69, 9.17) is 23.2 Å². The molecule has 3 aromatic carbocycles. The second-order valence-corrected chi connectivity index (χ2v) is 8.06. The summed E-state index contributed by atoms with van der Waals surface area (Å²) in [5, 5.41) is 1.11. The zero-order chi connectivity index (χ0) is 20.8. The molecule has 0 aliphatic carbocycles. The number of carbonyl (C=O) groups is 2. The molecule has 0 radical (unpaired) electrons. The molecular formula is C24H16Cl2N2O2. The topological polar surface area (TPSA) is 40.6 Å². The number of fused-ring (bicyclic) bond motifs is 1. The minimum absolute atomic E-state index is 0.344. The van der Waals surface area contributed by atoms with E-state index in [1.807, 2.05) is 23.1 Å². The highest BCUT2D eigenvalue weighted by molar-refractivity contribution is 6.46. The van der Waals surface area contributed by atoms with Gasteiger partial charge in [-0.05, 0) is 60.0 Å². The normalized spacial score (nSPS) is 15.9. The average molecular weight is 435 g/mol. The van der Waals surface area contributed by atoms with Crippen molar-refractivity contribution >= 4 is 52.0 Å². The second-order valence-electron chi connectivity index (χ2n) is 7.18. The van der Waals surface area contributed by atoms with Gasteiger partial charge in [0.15, 0.2) is 0 Å². The van der Waals surface area contributed by atoms with Crippen molar-refractivity contribution in [2.75, 3.05) is 16.3 Å². The van der Waals surface area contributed by atoms with Gasteiger partial charge in [-0.2, -0.15) is 0 Å². The summed E-state index contributed by atoms with van der Waals surface area (Å²) in [6.07, 6.45) is 0.815. The minimum Gasteiger partial charge on any atom is -0.336 e. The Morgan fingerprint density at radius 1 is 0.733 bits per heavy atom. The molecule has 0 N–H and O–H groups in total. The van der Waals surface area contributed by atoms with Crippen molar-refractivity contribution in [2.45, 2.75) is 6.42 Å². The fourth-order valence-electron chi connectivity index (χ4n) is 4.04. The molecule has 0 atom stereocenters. The van der Waals surface area contributed by atoms with Crippen LogP contribution in [0, 0.1) is 0 Å². The third kappa shape index (κ3) is 3.00. The number of imide groups is 1. The van der Waals surface area contributed by atoms with Gasteiger partial charge in [0.2, 0.25) is 0 Å². The van der Waals surface area contributed by atoms with Gasteiger partial charge in [0.05, 0.1) is 11.3 Å². The number of nitrogens with zero attached hydrogens (tertiary/aromatic N) is 2. The molecule has 4 nitrogen and oxygen atoms in total. The van der Waals surface area contributed by atoms with E-state index >= 15 is 0 Å². The molecule has 2 aliphatic rings. The summed E-state index contributed by atoms with van der Waals surface area (Å²) in [6, 6.07) is 21.7. The number of anilines is 2. The van der Waals surface area contributed by atoms with E-state index in [2.05, 4.69) is 6.07 Å². The fourth-order valence-corrected chi connectivity index (χ4v) is 4.29. The van der Waals surface area contributed by atoms with Crippen LogP contribution in [0.4, 0.5) is 11.4 Å². The molecule has 0 bridgehead atoms. The maximum atomic E-state index is 13.6. The number of amides is 2. The van der Waals surface area contributed by atoms with Gasteiger partial charge >= 0.3 is 0 Å². The van der Waals surface area contributed by atoms with Crippen LogP contribution in [0.2, 0.25) is 10.0 Å². The number of rotatable bonds is 3. The van der Waals surface area contributed by atoms with Crippen molar-refractivity contribution in [1.82, 2.24) is 0 Å². The van der Waals surface area contributed by atoms with E-state index in [1.54, 1.807) is 48.5 Å². The molecule has 0 unspecified atom stereocenters. The van der Waals surface area contributed by atoms with Crippen LogP contribution in [0.1, 0.15) is 11.1 Å². The van der Waals surface area contributed by atoms with Gasteiger partial charge in [0, 0.05) is 22.3 Å². The van der Waals surface area contributed by atoms with Crippen molar-refractivity contribution in [1.29, 1.82) is 0 Å². The number of hydrogen-bond donors (Lipinski definition) is 0. The first-order valence-electron chi connectivity index (χ1n) is 9.54. The SMILES string of the molecule is O=C1C(c2ccc(Cl)cc2)=C(N2CCc3ccccc32)C(=O)N1c1ccc(Cl)cc1. The summed E-state index contributed by atoms with van der Waals surface area (Å²) < 4.78 is 0. The van der Waals surface area contributed by atoms with Gasteiger partial charge < -0.3 is 4.90 Å². The van der Waals surface area contributed by atoms with E-state index < -0.39 is 0 Å². The standard InChI is InChI=1S/C24H16Cl2N2O2/c25-17-7-5-16(6-8-17)21-22(27-14-13-15-3-1-2-4-20(15)27)24(30)28(23(21)29)19-11-9-18(26)10-12-19/h1-12H,13-14H2. The Morgan fingerprint density at radius 3 is 2.07 bits per heavy atom. The number of para-hydroxylation sites is 1. The molecule has 5 rings (SSSR count). The highest BCUT2D eigenvalue weighted by Crippen LogP contribution is 2.40. The van der Waals surface area contributed by atoms with Crippen LogP contribution in [-0.2, 0) is 16.0 Å². The van der Waals surface area contributed by atoms with Crippen LogP contribution in [0.25, 0.3) is 5.57 Å². The molecule has 2 amide bonds. The molecular weight excluding hydrogens is 419 g/mol. The van der Waals surface area contributed by atoms with Crippen molar-refractivity contribution in [3.05, 3.63) is 99.7 Å². The molecule has 0 spiro atoms. The number of halogens is 2. The lowest BCUT2D eigenvalue weighted by molar-refractivity contribution is -0.120. The molecule has 0 saturated heterocycles. The maximum absolute atomic E-state index is 13.6. The Hall–Kier alpha value is -3.08. The van der Waals surface area contributed by atoms with E-state index in [9.17, 15) is 9.59 Å². The third-order valence-electron chi connectivity index (χ3n) is 5.43. The zero-order valence-corrected chi connectivity index (χ0v) is 17.3. The van der Waals surface area contributed by atoms with Crippen LogP contribution in [-0.4, -0.2) is 18.4 Å². The monoisotopic (exact) mass is 434 g/mol. The lowest BCUT2D eigenvalue weighted by Crippen LogP contribution is -2.34. The second kappa shape index (κ2) is 7.31. The largest absolute Gasteiger partial charge is 0.336 e. The number of benzene rings is 3. The van der Waals surface area contributed by atoms with Gasteiger partial charge in [-0.15, -0.1) is 0 Å². The lowest BCUT2D eigenvalue weighted by Gasteiger charge is -2.21. The maximum Gasteiger partial charge on any atom is 0.282 e. The van der Waals surface area contributed by atoms with Crippen molar-refractivity contribution in [2.24, 2.45) is 0 Å². The number of carbonyl (C=O) groups excluding carboxylic acids is 2. The summed E-state index contributed by atoms with van der Waals surface area (Å²) in [5.41, 5.74) is 4.03. The molecule has 0 aromatic heterocycles. The van der Waals surface area contributed by atoms with Crippen LogP contribution in [0.3, 0.4) is 0 Å². The molecule has 30 heavy (non-hydrogen) atoms. The smallest absolute Gasteiger partial charge is 0.282 e. The molecule has 6 heteroatoms. The molecule has 2 heterocycles. The van der Waals surface area contributed by atoms with Gasteiger partial charge in [-0.25, -0.2) is 4.90 Å². The molecule has 0 fully saturated rings. The Bertz CT molecular complexity index is 1200. The Balaban J connectivity index is 1.68. The van der Waals surface area contributed by atoms with Gasteiger partial charge in [0.1, 0.15) is 5.70 Å². The summed E-state index contributed by atoms with van der Waals surface area (Å²) >= 11 is 12.1. The molecule has 2 aliphatic heterocycles. The lowest BCUT2D eigenvalue weighted by atomic mass is 10.0. The predicted molar refractivity (Wildman–Crippen MR) is 120 cm³/mol. The van der Waals surface area contributed by atoms with Crippen LogP contribution >= 0.6 is 23.2 Å². The first kappa shape index (κ1) is 18.9. The first-order chi connectivity index (χ1) is 14.5. The average Bonchev–Trinajstić information content (AvgIpc) is 3.28. The van der Waals surface area contributed by atoms with Crippen molar-refractivity contribution in [3.8, 4) is 0 Å². The summed E-state index contributed by atoms with van der Waals surface area (Å²) in [4.78, 5) is 30.3. The van der Waals surface area contributed by atoms with Gasteiger partial charge in [-0.3, -0.25) is 9.59 Å². The predicted octanol–water partition coefficient (Wildman–Crippen LogP) is 5.34. The Kier molecular flexibility index (Phi) is 4.61. The summed E-state index contributed by atoms with van der Waals surface area (Å²) in [6.45, 7) is 0.638. The fraction of sp³-hybridized carbons (Fsp3) is 0.0833. The van der Waals surface area contributed by atoms with E-state index in [1.165, 1.54) is 4.90 Å². The summed E-state index contributed by atoms with van der Waals surface area (Å²) in [5.74, 6) is -0.701. The molecule has 3 aromatic rings. The Labute approximate surface area is 183 Å². The van der Waals surface area contributed by atoms with Crippen molar-refractivity contribution < 1.29 is 9.59 Å². The van der Waals surface area contributed by atoms with E-state index in [-0.39, 0.29) is 11.8 Å². The van der Waals surface area contributed by atoms with Crippen LogP contribution in [0.15, 0.2) is 78.5 Å². The highest BCUT2D eigenvalue weighted by Gasteiger charge is 2.44. The van der Waals surface area contributed by atoms with Crippen molar-refractivity contribution in [3.63, 3.8) is 0 Å². The van der Waals surface area contributed by atoms with E-state index in [0.717, 1.165) is 17.7 Å². The van der Waals surface area contributed by atoms with Crippen LogP contribution in [0.5, 0.6) is 0 Å². The number of hydrogen-bond acceptors (Lipinski definition) is 3. The summed E-state index contributed by atoms with van der Waals surface area (Å²) in [7, 11) is 0. The van der Waals surface area contributed by atoms with Gasteiger partial charge in [-0.1, -0.05) is 53.5 Å². The minimum atomic E-state index is -0.357. The Morgan fingerprint density at radius 2 is 1.37 bits per heavy atom. The molecule has 148 valence electrons. The zero-order valence-electron chi connectivity index (χ0n) is 15.8. The first-order valence-corrected chi connectivity index (χ1v) is 10.3. The van der Waals surface area contributed by atoms with E-state index in [0.29, 0.717) is 39.1 Å². The highest BCUT2D eigenvalue weighted by atomic mass is 35.5. The van der Waals surface area contributed by atoms with Gasteiger partial charge in [0.25, 0.3) is 11.8 Å². The van der Waals surface area contributed by atoms with Crippen LogP contribution < -0.4 is 9.80 Å².